The van der Waals surface area contributed by atoms with E-state index in [4.69, 9.17) is 0 Å². The second-order valence-corrected chi connectivity index (χ2v) is 7.41. The molecule has 28 heavy (non-hydrogen) atoms. The van der Waals surface area contributed by atoms with Crippen LogP contribution in [-0.4, -0.2) is 43.0 Å². The molecular weight excluding hydrogens is 391 g/mol. The molecule has 1 atom stereocenters. The number of hydrogen-bond acceptors (Lipinski definition) is 4. The van der Waals surface area contributed by atoms with Crippen LogP contribution in [0.3, 0.4) is 0 Å². The van der Waals surface area contributed by atoms with Crippen molar-refractivity contribution in [2.75, 3.05) is 25.0 Å². The second kappa shape index (κ2) is 8.74. The Morgan fingerprint density at radius 1 is 1.21 bits per heavy atom. The largest absolute Gasteiger partial charge is 0.573 e. The van der Waals surface area contributed by atoms with Crippen LogP contribution in [0.15, 0.2) is 58.3 Å². The van der Waals surface area contributed by atoms with E-state index in [-0.39, 0.29) is 17.8 Å². The Balaban J connectivity index is 1.69. The molecule has 2 amide bonds. The van der Waals surface area contributed by atoms with Gasteiger partial charge in [-0.2, -0.15) is 0 Å². The molecule has 1 saturated heterocycles. The lowest BCUT2D eigenvalue weighted by Crippen LogP contribution is -2.53. The van der Waals surface area contributed by atoms with Crippen molar-refractivity contribution >= 4 is 23.5 Å². The first kappa shape index (κ1) is 20.3. The number of urea groups is 1. The van der Waals surface area contributed by atoms with Crippen LogP contribution in [-0.2, 0) is 0 Å². The Morgan fingerprint density at radius 2 is 1.93 bits per heavy atom. The number of para-hydroxylation sites is 1. The number of amides is 2. The number of piperazine rings is 1. The fourth-order valence-electron chi connectivity index (χ4n) is 2.82. The number of anilines is 1. The standard InChI is InChI=1S/C19H20F3N3O2S/c1-13-12-23-10-11-25(13)18(26)24-16-4-2-3-5-17(16)28-15-8-6-14(7-9-15)27-19(20,21)22/h2-9,13,23H,10-12H2,1H3,(H,24,26). The van der Waals surface area contributed by atoms with E-state index in [0.717, 1.165) is 22.9 Å². The van der Waals surface area contributed by atoms with Crippen LogP contribution in [0.1, 0.15) is 6.92 Å². The molecule has 2 aromatic rings. The molecule has 1 heterocycles. The van der Waals surface area contributed by atoms with Gasteiger partial charge in [0.05, 0.1) is 5.69 Å². The Bertz CT molecular complexity index is 815. The molecule has 9 heteroatoms. The average molecular weight is 411 g/mol. The van der Waals surface area contributed by atoms with E-state index in [1.807, 2.05) is 25.1 Å². The minimum absolute atomic E-state index is 0.0924. The highest BCUT2D eigenvalue weighted by molar-refractivity contribution is 7.99. The number of benzene rings is 2. The highest BCUT2D eigenvalue weighted by Crippen LogP contribution is 2.35. The molecule has 3 rings (SSSR count). The molecule has 1 aliphatic rings. The summed E-state index contributed by atoms with van der Waals surface area (Å²) < 4.78 is 40.7. The third-order valence-corrected chi connectivity index (χ3v) is 5.26. The van der Waals surface area contributed by atoms with Crippen molar-refractivity contribution in [2.45, 2.75) is 29.1 Å². The highest BCUT2D eigenvalue weighted by atomic mass is 32.2. The van der Waals surface area contributed by atoms with Gasteiger partial charge in [-0.05, 0) is 43.3 Å². The molecule has 0 aromatic heterocycles. The first-order valence-electron chi connectivity index (χ1n) is 8.73. The van der Waals surface area contributed by atoms with E-state index in [0.29, 0.717) is 12.2 Å². The van der Waals surface area contributed by atoms with Gasteiger partial charge in [-0.1, -0.05) is 23.9 Å². The Hall–Kier alpha value is -2.39. The van der Waals surface area contributed by atoms with Gasteiger partial charge >= 0.3 is 12.4 Å². The van der Waals surface area contributed by atoms with E-state index < -0.39 is 6.36 Å². The number of hydrogen-bond donors (Lipinski definition) is 2. The first-order chi connectivity index (χ1) is 13.3. The SMILES string of the molecule is CC1CNCCN1C(=O)Nc1ccccc1Sc1ccc(OC(F)(F)F)cc1. The molecule has 0 bridgehead atoms. The maximum absolute atomic E-state index is 12.6. The molecule has 150 valence electrons. The van der Waals surface area contributed by atoms with E-state index in [2.05, 4.69) is 15.4 Å². The van der Waals surface area contributed by atoms with E-state index in [1.165, 1.54) is 23.9 Å². The van der Waals surface area contributed by atoms with E-state index in [9.17, 15) is 18.0 Å². The smallest absolute Gasteiger partial charge is 0.406 e. The molecule has 5 nitrogen and oxygen atoms in total. The predicted molar refractivity (Wildman–Crippen MR) is 102 cm³/mol. The number of ether oxygens (including phenoxy) is 1. The number of carbonyl (C=O) groups excluding carboxylic acids is 1. The van der Waals surface area contributed by atoms with Gasteiger partial charge < -0.3 is 20.3 Å². The number of alkyl halides is 3. The molecule has 0 spiro atoms. The summed E-state index contributed by atoms with van der Waals surface area (Å²) in [4.78, 5) is 15.9. The minimum atomic E-state index is -4.72. The third-order valence-electron chi connectivity index (χ3n) is 4.18. The molecular formula is C19H20F3N3O2S. The summed E-state index contributed by atoms with van der Waals surface area (Å²) >= 11 is 1.35. The fourth-order valence-corrected chi connectivity index (χ4v) is 3.73. The van der Waals surface area contributed by atoms with Gasteiger partial charge in [-0.3, -0.25) is 0 Å². The van der Waals surface area contributed by atoms with Gasteiger partial charge in [0.25, 0.3) is 0 Å². The Morgan fingerprint density at radius 3 is 2.61 bits per heavy atom. The van der Waals surface area contributed by atoms with Gasteiger partial charge in [-0.25, -0.2) is 4.79 Å². The fraction of sp³-hybridized carbons (Fsp3) is 0.316. The summed E-state index contributed by atoms with van der Waals surface area (Å²) in [5.41, 5.74) is 0.652. The van der Waals surface area contributed by atoms with Crippen molar-refractivity contribution in [2.24, 2.45) is 0 Å². The lowest BCUT2D eigenvalue weighted by molar-refractivity contribution is -0.274. The van der Waals surface area contributed by atoms with Crippen molar-refractivity contribution in [3.8, 4) is 5.75 Å². The molecule has 1 unspecified atom stereocenters. The van der Waals surface area contributed by atoms with Crippen LogP contribution in [0.25, 0.3) is 0 Å². The quantitative estimate of drug-likeness (QED) is 0.774. The maximum Gasteiger partial charge on any atom is 0.573 e. The van der Waals surface area contributed by atoms with Gasteiger partial charge in [-0.15, -0.1) is 13.2 Å². The highest BCUT2D eigenvalue weighted by Gasteiger charge is 2.31. The van der Waals surface area contributed by atoms with Crippen molar-refractivity contribution < 1.29 is 22.7 Å². The van der Waals surface area contributed by atoms with Gasteiger partial charge in [0, 0.05) is 35.5 Å². The summed E-state index contributed by atoms with van der Waals surface area (Å²) in [6.07, 6.45) is -4.72. The van der Waals surface area contributed by atoms with Crippen molar-refractivity contribution in [1.82, 2.24) is 10.2 Å². The van der Waals surface area contributed by atoms with Gasteiger partial charge in [0.1, 0.15) is 5.75 Å². The van der Waals surface area contributed by atoms with Crippen molar-refractivity contribution in [3.63, 3.8) is 0 Å². The summed E-state index contributed by atoms with van der Waals surface area (Å²) in [6.45, 7) is 4.11. The third kappa shape index (κ3) is 5.56. The number of carbonyl (C=O) groups is 1. The van der Waals surface area contributed by atoms with Crippen LogP contribution in [0.4, 0.5) is 23.7 Å². The van der Waals surface area contributed by atoms with E-state index >= 15 is 0 Å². The summed E-state index contributed by atoms with van der Waals surface area (Å²) in [6, 6.07) is 12.8. The molecule has 0 radical (unpaired) electrons. The zero-order valence-corrected chi connectivity index (χ0v) is 15.9. The Labute approximate surface area is 165 Å². The topological polar surface area (TPSA) is 53.6 Å². The molecule has 0 aliphatic carbocycles. The zero-order valence-electron chi connectivity index (χ0n) is 15.1. The summed E-state index contributed by atoms with van der Waals surface area (Å²) in [5.74, 6) is -0.272. The number of nitrogens with one attached hydrogen (secondary N) is 2. The zero-order chi connectivity index (χ0) is 20.1. The maximum atomic E-state index is 12.6. The van der Waals surface area contributed by atoms with Crippen molar-refractivity contribution in [1.29, 1.82) is 0 Å². The minimum Gasteiger partial charge on any atom is -0.406 e. The van der Waals surface area contributed by atoms with Crippen LogP contribution in [0, 0.1) is 0 Å². The summed E-state index contributed by atoms with van der Waals surface area (Å²) in [5, 5.41) is 6.18. The number of nitrogens with zero attached hydrogens (tertiary/aromatic N) is 1. The van der Waals surface area contributed by atoms with Crippen LogP contribution >= 0.6 is 11.8 Å². The van der Waals surface area contributed by atoms with Gasteiger partial charge in [0.15, 0.2) is 0 Å². The first-order valence-corrected chi connectivity index (χ1v) is 9.54. The molecule has 1 aliphatic heterocycles. The van der Waals surface area contributed by atoms with Crippen LogP contribution in [0.5, 0.6) is 5.75 Å². The lowest BCUT2D eigenvalue weighted by Gasteiger charge is -2.34. The monoisotopic (exact) mass is 411 g/mol. The molecule has 2 N–H and O–H groups in total. The van der Waals surface area contributed by atoms with Crippen LogP contribution in [0.2, 0.25) is 0 Å². The molecule has 2 aromatic carbocycles. The van der Waals surface area contributed by atoms with Gasteiger partial charge in [0.2, 0.25) is 0 Å². The second-order valence-electron chi connectivity index (χ2n) is 6.29. The van der Waals surface area contributed by atoms with Crippen molar-refractivity contribution in [3.05, 3.63) is 48.5 Å². The molecule has 1 fully saturated rings. The lowest BCUT2D eigenvalue weighted by atomic mass is 10.2. The summed E-state index contributed by atoms with van der Waals surface area (Å²) in [7, 11) is 0. The van der Waals surface area contributed by atoms with Crippen LogP contribution < -0.4 is 15.4 Å². The molecule has 0 saturated carbocycles. The number of halogens is 3. The number of rotatable bonds is 4. The van der Waals surface area contributed by atoms with E-state index in [1.54, 1.807) is 23.1 Å². The average Bonchev–Trinajstić information content (AvgIpc) is 2.64. The normalized spacial score (nSPS) is 17.3. The Kier molecular flexibility index (Phi) is 6.35. The predicted octanol–water partition coefficient (Wildman–Crippen LogP) is 4.56.